The van der Waals surface area contributed by atoms with Crippen molar-refractivity contribution >= 4 is 28.0 Å². The van der Waals surface area contributed by atoms with E-state index in [0.29, 0.717) is 0 Å². The number of anilines is 2. The topological polar surface area (TPSA) is 21.1 Å². The molecule has 0 bridgehead atoms. The van der Waals surface area contributed by atoms with Gasteiger partial charge in [0, 0.05) is 11.9 Å². The maximum Gasteiger partial charge on any atom is 0.155 e. The van der Waals surface area contributed by atoms with Gasteiger partial charge in [-0.15, -0.1) is 0 Å². The molecule has 1 aromatic heterocycles. The van der Waals surface area contributed by atoms with E-state index in [4.69, 9.17) is 0 Å². The van der Waals surface area contributed by atoms with Gasteiger partial charge < -0.3 is 8.80 Å². The summed E-state index contributed by atoms with van der Waals surface area (Å²) in [6, 6.07) is 10.6. The fourth-order valence-electron chi connectivity index (χ4n) is 2.24. The van der Waals surface area contributed by atoms with Crippen molar-refractivity contribution in [1.82, 2.24) is 9.22 Å². The summed E-state index contributed by atoms with van der Waals surface area (Å²) in [7, 11) is -2.92. The zero-order valence-electron chi connectivity index (χ0n) is 13.4. The van der Waals surface area contributed by atoms with Crippen LogP contribution >= 0.6 is 0 Å². The van der Waals surface area contributed by atoms with E-state index in [9.17, 15) is 0 Å². The lowest BCUT2D eigenvalue weighted by molar-refractivity contribution is 1.12. The summed E-state index contributed by atoms with van der Waals surface area (Å²) in [5.74, 6) is 1.08. The van der Waals surface area contributed by atoms with Crippen molar-refractivity contribution < 1.29 is 0 Å². The summed E-state index contributed by atoms with van der Waals surface area (Å²) in [6.45, 7) is 14.1. The van der Waals surface area contributed by atoms with Crippen LogP contribution in [0, 0.1) is 0 Å². The molecular weight excluding hydrogens is 278 g/mol. The predicted octanol–water partition coefficient (Wildman–Crippen LogP) is 4.54. The number of hydrogen-bond acceptors (Lipinski definition) is 2. The molecule has 0 fully saturated rings. The Balaban J connectivity index is 2.46. The summed E-state index contributed by atoms with van der Waals surface area (Å²) in [6.07, 6.45) is 4.22. The minimum atomic E-state index is -1.54. The van der Waals surface area contributed by atoms with E-state index in [2.05, 4.69) is 89.6 Å². The highest BCUT2D eigenvalue weighted by Gasteiger charge is 2.28. The average Bonchev–Trinajstić information content (AvgIpc) is 2.77. The van der Waals surface area contributed by atoms with Gasteiger partial charge >= 0.3 is 0 Å². The largest absolute Gasteiger partial charge is 0.363 e. The maximum absolute atomic E-state index is 4.68. The number of imidazole rings is 1. The first-order valence-corrected chi connectivity index (χ1v) is 14.0. The molecule has 2 aromatic rings. The van der Waals surface area contributed by atoms with Gasteiger partial charge in [-0.1, -0.05) is 57.5 Å². The van der Waals surface area contributed by atoms with Crippen molar-refractivity contribution in [3.63, 3.8) is 0 Å². The number of hydrogen-bond donors (Lipinski definition) is 0. The highest BCUT2D eigenvalue weighted by Crippen LogP contribution is 2.30. The molecule has 20 heavy (non-hydrogen) atoms. The van der Waals surface area contributed by atoms with E-state index in [-0.39, 0.29) is 0 Å². The highest BCUT2D eigenvalue weighted by molar-refractivity contribution is 6.81. The Hall–Kier alpha value is -1.34. The van der Waals surface area contributed by atoms with E-state index < -0.39 is 16.5 Å². The summed E-state index contributed by atoms with van der Waals surface area (Å²) in [4.78, 5) is 4.68. The van der Waals surface area contributed by atoms with Gasteiger partial charge in [-0.05, 0) is 12.1 Å². The molecule has 1 heterocycles. The van der Waals surface area contributed by atoms with Crippen LogP contribution in [-0.4, -0.2) is 25.7 Å². The van der Waals surface area contributed by atoms with Crippen LogP contribution in [0.25, 0.3) is 0 Å². The van der Waals surface area contributed by atoms with Crippen molar-refractivity contribution in [2.45, 2.75) is 39.3 Å². The number of nitrogens with zero attached hydrogens (tertiary/aromatic N) is 3. The Bertz CT molecular complexity index is 565. The van der Waals surface area contributed by atoms with Gasteiger partial charge in [0.1, 0.15) is 5.82 Å². The van der Waals surface area contributed by atoms with Crippen molar-refractivity contribution in [3.05, 3.63) is 42.9 Å². The first-order chi connectivity index (χ1) is 9.19. The lowest BCUT2D eigenvalue weighted by Gasteiger charge is -2.34. The molecule has 0 N–H and O–H groups in total. The molecule has 108 valence electrons. The predicted molar refractivity (Wildman–Crippen MR) is 92.9 cm³/mol. The quantitative estimate of drug-likeness (QED) is 0.773. The molecule has 0 aliphatic heterocycles. The molecule has 0 saturated heterocycles. The number of benzene rings is 1. The summed E-state index contributed by atoms with van der Waals surface area (Å²) in [5, 5.41) is 0. The van der Waals surface area contributed by atoms with Crippen LogP contribution in [0.1, 0.15) is 0 Å². The van der Waals surface area contributed by atoms with Crippen LogP contribution < -0.4 is 4.57 Å². The van der Waals surface area contributed by atoms with E-state index in [1.54, 1.807) is 0 Å². The zero-order chi connectivity index (χ0) is 15.0. The summed E-state index contributed by atoms with van der Waals surface area (Å²) < 4.78 is 4.75. The lowest BCUT2D eigenvalue weighted by atomic mass is 10.3. The van der Waals surface area contributed by atoms with Gasteiger partial charge in [-0.3, -0.25) is 0 Å². The van der Waals surface area contributed by atoms with Crippen LogP contribution in [0.4, 0.5) is 11.5 Å². The van der Waals surface area contributed by atoms with Crippen LogP contribution in [0.2, 0.25) is 39.3 Å². The zero-order valence-corrected chi connectivity index (χ0v) is 15.4. The molecular formula is C15H25N3Si2. The fourth-order valence-corrected chi connectivity index (χ4v) is 4.87. The van der Waals surface area contributed by atoms with Gasteiger partial charge in [-0.2, -0.15) is 0 Å². The third-order valence-electron chi connectivity index (χ3n) is 3.26. The Kier molecular flexibility index (Phi) is 3.93. The van der Waals surface area contributed by atoms with Crippen LogP contribution in [0.3, 0.4) is 0 Å². The highest BCUT2D eigenvalue weighted by atomic mass is 28.3. The molecule has 0 amide bonds. The summed E-state index contributed by atoms with van der Waals surface area (Å²) in [5.41, 5.74) is 1.24. The molecule has 0 saturated carbocycles. The Morgan fingerprint density at radius 3 is 2.00 bits per heavy atom. The van der Waals surface area contributed by atoms with Gasteiger partial charge in [0.25, 0.3) is 0 Å². The molecule has 0 aliphatic carbocycles. The maximum atomic E-state index is 4.68. The Morgan fingerprint density at radius 2 is 1.55 bits per heavy atom. The monoisotopic (exact) mass is 303 g/mol. The Labute approximate surface area is 124 Å². The van der Waals surface area contributed by atoms with Crippen molar-refractivity contribution in [2.24, 2.45) is 0 Å². The smallest absolute Gasteiger partial charge is 0.155 e. The van der Waals surface area contributed by atoms with Gasteiger partial charge in [0.15, 0.2) is 16.5 Å². The molecule has 0 spiro atoms. The second kappa shape index (κ2) is 5.22. The van der Waals surface area contributed by atoms with E-state index in [0.717, 1.165) is 5.82 Å². The van der Waals surface area contributed by atoms with Gasteiger partial charge in [0.05, 0.1) is 6.33 Å². The first kappa shape index (κ1) is 15.1. The minimum absolute atomic E-state index is 1.08. The molecule has 0 atom stereocenters. The van der Waals surface area contributed by atoms with Crippen LogP contribution in [0.15, 0.2) is 42.9 Å². The summed E-state index contributed by atoms with van der Waals surface area (Å²) >= 11 is 0. The van der Waals surface area contributed by atoms with E-state index >= 15 is 0 Å². The lowest BCUT2D eigenvalue weighted by Crippen LogP contribution is -2.43. The minimum Gasteiger partial charge on any atom is -0.363 e. The second-order valence-electron chi connectivity index (χ2n) is 7.15. The molecule has 2 rings (SSSR count). The average molecular weight is 304 g/mol. The molecule has 0 unspecified atom stereocenters. The Morgan fingerprint density at radius 1 is 0.950 bits per heavy atom. The third-order valence-corrected chi connectivity index (χ3v) is 6.88. The normalized spacial score (nSPS) is 12.5. The molecule has 3 nitrogen and oxygen atoms in total. The van der Waals surface area contributed by atoms with E-state index in [1.807, 2.05) is 6.33 Å². The number of aromatic nitrogens is 2. The standard InChI is InChI=1S/C15H25N3Si2/c1-19(2,3)17-12-15(16-13-17)18(20(4,5)6)14-10-8-7-9-11-14/h7-13H,1-6H3. The molecule has 5 heteroatoms. The van der Waals surface area contributed by atoms with Crippen molar-refractivity contribution in [2.75, 3.05) is 4.57 Å². The van der Waals surface area contributed by atoms with Crippen molar-refractivity contribution in [3.8, 4) is 0 Å². The van der Waals surface area contributed by atoms with Crippen LogP contribution in [-0.2, 0) is 0 Å². The first-order valence-electron chi connectivity index (χ1n) is 7.09. The molecule has 0 aliphatic rings. The van der Waals surface area contributed by atoms with Gasteiger partial charge in [0.2, 0.25) is 0 Å². The van der Waals surface area contributed by atoms with E-state index in [1.165, 1.54) is 5.69 Å². The third kappa shape index (κ3) is 3.21. The van der Waals surface area contributed by atoms with Crippen molar-refractivity contribution in [1.29, 1.82) is 0 Å². The SMILES string of the molecule is C[Si](C)(C)N(c1ccccc1)c1cn([Si](C)(C)C)cn1. The molecule has 1 aromatic carbocycles. The molecule has 0 radical (unpaired) electrons. The number of rotatable bonds is 4. The van der Waals surface area contributed by atoms with Gasteiger partial charge in [-0.25, -0.2) is 4.98 Å². The fraction of sp³-hybridized carbons (Fsp3) is 0.400. The second-order valence-corrected chi connectivity index (χ2v) is 16.8. The number of para-hydroxylation sites is 1. The van der Waals surface area contributed by atoms with Crippen LogP contribution in [0.5, 0.6) is 0 Å².